The summed E-state index contributed by atoms with van der Waals surface area (Å²) in [4.78, 5) is 11.7. The van der Waals surface area contributed by atoms with Gasteiger partial charge in [-0.2, -0.15) is 0 Å². The van der Waals surface area contributed by atoms with E-state index in [4.69, 9.17) is 28.4 Å². The van der Waals surface area contributed by atoms with Crippen LogP contribution < -0.4 is 0 Å². The SMILES string of the molecule is CO[C@H]1O[C@H](COCc2ccccc2)[C@@H](OC)[C@H](OCc2ccccc2)[C@H]1OC(C)=O. The van der Waals surface area contributed by atoms with E-state index in [9.17, 15) is 4.79 Å². The molecule has 1 fully saturated rings. The van der Waals surface area contributed by atoms with Crippen molar-refractivity contribution >= 4 is 5.97 Å². The molecule has 31 heavy (non-hydrogen) atoms. The third kappa shape index (κ3) is 6.59. The molecular weight excluding hydrogens is 400 g/mol. The van der Waals surface area contributed by atoms with Crippen LogP contribution in [0.25, 0.3) is 0 Å². The average molecular weight is 430 g/mol. The molecule has 0 spiro atoms. The Morgan fingerprint density at radius 1 is 0.839 bits per heavy atom. The van der Waals surface area contributed by atoms with E-state index in [0.717, 1.165) is 11.1 Å². The topological polar surface area (TPSA) is 72.5 Å². The van der Waals surface area contributed by atoms with Crippen molar-refractivity contribution < 1.29 is 33.2 Å². The summed E-state index contributed by atoms with van der Waals surface area (Å²) in [5.41, 5.74) is 2.06. The van der Waals surface area contributed by atoms with Crippen molar-refractivity contribution in [2.24, 2.45) is 0 Å². The zero-order chi connectivity index (χ0) is 22.1. The highest BCUT2D eigenvalue weighted by molar-refractivity contribution is 5.66. The highest BCUT2D eigenvalue weighted by Crippen LogP contribution is 2.29. The summed E-state index contributed by atoms with van der Waals surface area (Å²) in [5, 5.41) is 0. The predicted octanol–water partition coefficient (Wildman–Crippen LogP) is 3.11. The first-order valence-electron chi connectivity index (χ1n) is 10.3. The molecule has 1 aliphatic rings. The number of hydrogen-bond donors (Lipinski definition) is 0. The Balaban J connectivity index is 1.72. The third-order valence-electron chi connectivity index (χ3n) is 5.08. The van der Waals surface area contributed by atoms with Gasteiger partial charge >= 0.3 is 5.97 Å². The number of esters is 1. The highest BCUT2D eigenvalue weighted by atomic mass is 16.7. The lowest BCUT2D eigenvalue weighted by Gasteiger charge is -2.44. The molecule has 0 aliphatic carbocycles. The van der Waals surface area contributed by atoms with Crippen molar-refractivity contribution in [3.05, 3.63) is 71.8 Å². The molecule has 2 aromatic carbocycles. The Morgan fingerprint density at radius 2 is 1.45 bits per heavy atom. The van der Waals surface area contributed by atoms with E-state index in [0.29, 0.717) is 13.2 Å². The molecule has 5 atom stereocenters. The smallest absolute Gasteiger partial charge is 0.303 e. The Bertz CT molecular complexity index is 783. The molecule has 0 aromatic heterocycles. The van der Waals surface area contributed by atoms with Crippen LogP contribution in [0.15, 0.2) is 60.7 Å². The normalized spacial score (nSPS) is 25.8. The molecule has 0 N–H and O–H groups in total. The second-order valence-corrected chi connectivity index (χ2v) is 7.31. The number of rotatable bonds is 10. The maximum absolute atomic E-state index is 11.7. The lowest BCUT2D eigenvalue weighted by atomic mass is 9.98. The van der Waals surface area contributed by atoms with Gasteiger partial charge in [0.15, 0.2) is 12.4 Å². The maximum atomic E-state index is 11.7. The Hall–Kier alpha value is -2.29. The minimum absolute atomic E-state index is 0.269. The van der Waals surface area contributed by atoms with E-state index in [-0.39, 0.29) is 6.61 Å². The van der Waals surface area contributed by atoms with E-state index >= 15 is 0 Å². The molecule has 0 amide bonds. The number of carbonyl (C=O) groups excluding carboxylic acids is 1. The van der Waals surface area contributed by atoms with E-state index in [1.165, 1.54) is 14.0 Å². The van der Waals surface area contributed by atoms with Crippen molar-refractivity contribution in [2.75, 3.05) is 20.8 Å². The molecule has 0 saturated carbocycles. The first-order valence-corrected chi connectivity index (χ1v) is 10.3. The lowest BCUT2D eigenvalue weighted by Crippen LogP contribution is -2.61. The fourth-order valence-corrected chi connectivity index (χ4v) is 3.63. The Kier molecular flexibility index (Phi) is 8.99. The van der Waals surface area contributed by atoms with E-state index in [1.807, 2.05) is 60.7 Å². The number of benzene rings is 2. The fraction of sp³-hybridized carbons (Fsp3) is 0.458. The van der Waals surface area contributed by atoms with Crippen LogP contribution in [-0.4, -0.2) is 57.5 Å². The van der Waals surface area contributed by atoms with Crippen molar-refractivity contribution in [2.45, 2.75) is 50.8 Å². The van der Waals surface area contributed by atoms with Crippen LogP contribution in [0.2, 0.25) is 0 Å². The summed E-state index contributed by atoms with van der Waals surface area (Å²) in [7, 11) is 3.08. The van der Waals surface area contributed by atoms with Gasteiger partial charge in [-0.05, 0) is 11.1 Å². The van der Waals surface area contributed by atoms with Gasteiger partial charge in [0.2, 0.25) is 0 Å². The molecule has 0 bridgehead atoms. The first-order chi connectivity index (χ1) is 15.1. The standard InChI is InChI=1S/C24H30O7/c1-17(25)30-23-22(29-15-19-12-8-5-9-13-19)21(26-2)20(31-24(23)27-3)16-28-14-18-10-6-4-7-11-18/h4-13,20-24H,14-16H2,1-3H3/t20-,21-,22+,23-,24+/m1/s1. The summed E-state index contributed by atoms with van der Waals surface area (Å²) >= 11 is 0. The summed E-state index contributed by atoms with van der Waals surface area (Å²) in [6.07, 6.45) is -3.16. The van der Waals surface area contributed by atoms with Gasteiger partial charge in [0.25, 0.3) is 0 Å². The van der Waals surface area contributed by atoms with Gasteiger partial charge in [0.1, 0.15) is 18.3 Å². The van der Waals surface area contributed by atoms with Crippen LogP contribution >= 0.6 is 0 Å². The minimum atomic E-state index is -0.804. The lowest BCUT2D eigenvalue weighted by molar-refractivity contribution is -0.311. The van der Waals surface area contributed by atoms with E-state index in [2.05, 4.69) is 0 Å². The van der Waals surface area contributed by atoms with Gasteiger partial charge in [-0.15, -0.1) is 0 Å². The molecule has 168 valence electrons. The molecule has 1 aliphatic heterocycles. The summed E-state index contributed by atoms with van der Waals surface area (Å²) in [6, 6.07) is 19.6. The summed E-state index contributed by atoms with van der Waals surface area (Å²) in [5.74, 6) is -0.447. The van der Waals surface area contributed by atoms with Crippen LogP contribution in [0.4, 0.5) is 0 Å². The molecule has 1 saturated heterocycles. The Morgan fingerprint density at radius 3 is 2.00 bits per heavy atom. The van der Waals surface area contributed by atoms with Gasteiger partial charge in [-0.1, -0.05) is 60.7 Å². The van der Waals surface area contributed by atoms with Gasteiger partial charge in [-0.3, -0.25) is 4.79 Å². The van der Waals surface area contributed by atoms with Crippen molar-refractivity contribution in [3.63, 3.8) is 0 Å². The molecule has 7 heteroatoms. The van der Waals surface area contributed by atoms with Gasteiger partial charge in [0, 0.05) is 21.1 Å². The molecular formula is C24H30O7. The molecule has 7 nitrogen and oxygen atoms in total. The van der Waals surface area contributed by atoms with E-state index in [1.54, 1.807) is 7.11 Å². The van der Waals surface area contributed by atoms with Crippen molar-refractivity contribution in [1.82, 2.24) is 0 Å². The van der Waals surface area contributed by atoms with Gasteiger partial charge in [0.05, 0.1) is 19.8 Å². The third-order valence-corrected chi connectivity index (χ3v) is 5.08. The van der Waals surface area contributed by atoms with Gasteiger partial charge < -0.3 is 28.4 Å². The second-order valence-electron chi connectivity index (χ2n) is 7.31. The predicted molar refractivity (Wildman–Crippen MR) is 113 cm³/mol. The Labute approximate surface area is 183 Å². The first kappa shape index (κ1) is 23.4. The van der Waals surface area contributed by atoms with E-state index < -0.39 is 36.7 Å². The molecule has 0 radical (unpaired) electrons. The number of methoxy groups -OCH3 is 2. The van der Waals surface area contributed by atoms with Crippen LogP contribution in [-0.2, 0) is 46.4 Å². The van der Waals surface area contributed by atoms with Crippen LogP contribution in [0.3, 0.4) is 0 Å². The quantitative estimate of drug-likeness (QED) is 0.536. The molecule has 0 unspecified atom stereocenters. The molecule has 1 heterocycles. The van der Waals surface area contributed by atoms with Crippen molar-refractivity contribution in [3.8, 4) is 0 Å². The monoisotopic (exact) mass is 430 g/mol. The van der Waals surface area contributed by atoms with Gasteiger partial charge in [-0.25, -0.2) is 0 Å². The minimum Gasteiger partial charge on any atom is -0.454 e. The average Bonchev–Trinajstić information content (AvgIpc) is 2.79. The molecule has 2 aromatic rings. The second kappa shape index (κ2) is 11.9. The molecule has 3 rings (SSSR count). The van der Waals surface area contributed by atoms with Crippen LogP contribution in [0, 0.1) is 0 Å². The maximum Gasteiger partial charge on any atom is 0.303 e. The fourth-order valence-electron chi connectivity index (χ4n) is 3.63. The number of hydrogen-bond acceptors (Lipinski definition) is 7. The number of carbonyl (C=O) groups is 1. The zero-order valence-electron chi connectivity index (χ0n) is 18.1. The highest BCUT2D eigenvalue weighted by Gasteiger charge is 2.49. The van der Waals surface area contributed by atoms with Crippen LogP contribution in [0.1, 0.15) is 18.1 Å². The largest absolute Gasteiger partial charge is 0.454 e. The van der Waals surface area contributed by atoms with Crippen LogP contribution in [0.5, 0.6) is 0 Å². The summed E-state index contributed by atoms with van der Waals surface area (Å²) in [6.45, 7) is 2.39. The van der Waals surface area contributed by atoms with Crippen molar-refractivity contribution in [1.29, 1.82) is 0 Å². The number of ether oxygens (including phenoxy) is 6. The zero-order valence-corrected chi connectivity index (χ0v) is 18.1. The summed E-state index contributed by atoms with van der Waals surface area (Å²) < 4.78 is 34.9.